The maximum atomic E-state index is 12.1. The molecule has 0 fully saturated rings. The first kappa shape index (κ1) is 12.9. The van der Waals surface area contributed by atoms with Gasteiger partial charge in [0.05, 0.1) is 0 Å². The minimum absolute atomic E-state index is 0.109. The van der Waals surface area contributed by atoms with Gasteiger partial charge in [0.15, 0.2) is 0 Å². The summed E-state index contributed by atoms with van der Waals surface area (Å²) in [5.74, 6) is 0.234. The first-order valence-corrected chi connectivity index (χ1v) is 7.57. The zero-order chi connectivity index (χ0) is 15.3. The number of aromatic nitrogens is 1. The number of aromatic hydroxyl groups is 2. The van der Waals surface area contributed by atoms with Crippen LogP contribution in [0, 0.1) is 0 Å². The topological polar surface area (TPSA) is 73.3 Å². The molecular formula is C17H11NO3S. The molecule has 0 aliphatic heterocycles. The van der Waals surface area contributed by atoms with Crippen molar-refractivity contribution in [1.29, 1.82) is 0 Å². The minimum Gasteiger partial charge on any atom is -0.508 e. The van der Waals surface area contributed by atoms with Crippen LogP contribution in [0.4, 0.5) is 0 Å². The van der Waals surface area contributed by atoms with Crippen molar-refractivity contribution in [2.75, 3.05) is 0 Å². The van der Waals surface area contributed by atoms with Crippen LogP contribution in [0.15, 0.2) is 52.6 Å². The molecule has 2 aromatic heterocycles. The van der Waals surface area contributed by atoms with Crippen molar-refractivity contribution in [3.05, 3.63) is 58.2 Å². The van der Waals surface area contributed by atoms with Gasteiger partial charge in [-0.15, -0.1) is 11.3 Å². The summed E-state index contributed by atoms with van der Waals surface area (Å²) in [4.78, 5) is 14.9. The number of hydrogen-bond acceptors (Lipinski definition) is 4. The molecule has 0 bridgehead atoms. The van der Waals surface area contributed by atoms with E-state index >= 15 is 0 Å². The Morgan fingerprint density at radius 2 is 1.91 bits per heavy atom. The van der Waals surface area contributed by atoms with Crippen molar-refractivity contribution in [2.45, 2.75) is 0 Å². The number of benzene rings is 2. The smallest absolute Gasteiger partial charge is 0.266 e. The van der Waals surface area contributed by atoms with Crippen LogP contribution in [-0.2, 0) is 0 Å². The van der Waals surface area contributed by atoms with E-state index in [4.69, 9.17) is 0 Å². The Morgan fingerprint density at radius 3 is 2.73 bits per heavy atom. The number of phenols is 2. The van der Waals surface area contributed by atoms with Gasteiger partial charge in [-0.3, -0.25) is 4.79 Å². The number of rotatable bonds is 1. The number of fused-ring (bicyclic) bond motifs is 3. The Hall–Kier alpha value is -2.79. The first-order valence-electron chi connectivity index (χ1n) is 6.70. The summed E-state index contributed by atoms with van der Waals surface area (Å²) in [5, 5.41) is 23.5. The first-order chi connectivity index (χ1) is 10.6. The van der Waals surface area contributed by atoms with Gasteiger partial charge >= 0.3 is 0 Å². The van der Waals surface area contributed by atoms with Gasteiger partial charge in [0, 0.05) is 21.9 Å². The van der Waals surface area contributed by atoms with Gasteiger partial charge < -0.3 is 15.2 Å². The van der Waals surface area contributed by atoms with E-state index in [2.05, 4.69) is 4.98 Å². The third-order valence-corrected chi connectivity index (χ3v) is 4.62. The molecule has 4 rings (SSSR count). The summed E-state index contributed by atoms with van der Waals surface area (Å²) in [6, 6.07) is 11.8. The van der Waals surface area contributed by atoms with Gasteiger partial charge in [0.25, 0.3) is 5.56 Å². The molecular weight excluding hydrogens is 298 g/mol. The predicted octanol–water partition coefficient (Wildman–Crippen LogP) is 3.82. The number of pyridine rings is 1. The van der Waals surface area contributed by atoms with Crippen LogP contribution in [0.3, 0.4) is 0 Å². The van der Waals surface area contributed by atoms with E-state index in [9.17, 15) is 15.0 Å². The van der Waals surface area contributed by atoms with Crippen molar-refractivity contribution in [3.63, 3.8) is 0 Å². The van der Waals surface area contributed by atoms with Crippen LogP contribution in [0.25, 0.3) is 32.1 Å². The van der Waals surface area contributed by atoms with Crippen LogP contribution >= 0.6 is 11.3 Å². The lowest BCUT2D eigenvalue weighted by molar-refractivity contribution is 0.474. The molecule has 22 heavy (non-hydrogen) atoms. The Labute approximate surface area is 128 Å². The number of phenolic OH excluding ortho intramolecular Hbond substituents is 2. The van der Waals surface area contributed by atoms with Crippen molar-refractivity contribution >= 4 is 32.3 Å². The SMILES string of the molecule is O=c1[nH]c2ccc(O)c(-c3cccc(O)c3)c2c2ccsc12. The second kappa shape index (κ2) is 4.61. The molecule has 2 heterocycles. The molecule has 3 N–H and O–H groups in total. The molecule has 0 spiro atoms. The Morgan fingerprint density at radius 1 is 1.05 bits per heavy atom. The Balaban J connectivity index is 2.24. The van der Waals surface area contributed by atoms with Crippen molar-refractivity contribution < 1.29 is 10.2 Å². The average Bonchev–Trinajstić information content (AvgIpc) is 2.98. The number of H-pyrrole nitrogens is 1. The Bertz CT molecular complexity index is 1080. The molecule has 4 aromatic rings. The number of nitrogens with one attached hydrogen (secondary N) is 1. The second-order valence-corrected chi connectivity index (χ2v) is 5.97. The minimum atomic E-state index is -0.134. The normalized spacial score (nSPS) is 11.3. The monoisotopic (exact) mass is 309 g/mol. The summed E-state index contributed by atoms with van der Waals surface area (Å²) in [6.45, 7) is 0. The molecule has 0 saturated heterocycles. The lowest BCUT2D eigenvalue weighted by Crippen LogP contribution is -2.04. The lowest BCUT2D eigenvalue weighted by atomic mass is 9.97. The molecule has 0 unspecified atom stereocenters. The van der Waals surface area contributed by atoms with Gasteiger partial charge in [-0.1, -0.05) is 12.1 Å². The molecule has 4 nitrogen and oxygen atoms in total. The third kappa shape index (κ3) is 1.79. The fourth-order valence-electron chi connectivity index (χ4n) is 2.79. The van der Waals surface area contributed by atoms with Crippen molar-refractivity contribution in [3.8, 4) is 22.6 Å². The highest BCUT2D eigenvalue weighted by Gasteiger charge is 2.15. The summed E-state index contributed by atoms with van der Waals surface area (Å²) in [5.41, 5.74) is 1.83. The summed E-state index contributed by atoms with van der Waals surface area (Å²) in [7, 11) is 0. The number of hydrogen-bond donors (Lipinski definition) is 3. The maximum Gasteiger partial charge on any atom is 0.266 e. The molecule has 0 amide bonds. The van der Waals surface area contributed by atoms with E-state index in [0.29, 0.717) is 21.3 Å². The van der Waals surface area contributed by atoms with E-state index in [1.807, 2.05) is 17.5 Å². The maximum absolute atomic E-state index is 12.1. The van der Waals surface area contributed by atoms with E-state index < -0.39 is 0 Å². The van der Waals surface area contributed by atoms with Crippen molar-refractivity contribution in [2.24, 2.45) is 0 Å². The van der Waals surface area contributed by atoms with E-state index in [1.165, 1.54) is 11.3 Å². The second-order valence-electron chi connectivity index (χ2n) is 5.05. The predicted molar refractivity (Wildman–Crippen MR) is 88.7 cm³/mol. The lowest BCUT2D eigenvalue weighted by Gasteiger charge is -2.11. The van der Waals surface area contributed by atoms with E-state index in [-0.39, 0.29) is 17.1 Å². The highest BCUT2D eigenvalue weighted by molar-refractivity contribution is 7.17. The highest BCUT2D eigenvalue weighted by Crippen LogP contribution is 2.40. The molecule has 0 atom stereocenters. The molecule has 5 heteroatoms. The third-order valence-electron chi connectivity index (χ3n) is 3.71. The van der Waals surface area contributed by atoms with Gasteiger partial charge in [-0.25, -0.2) is 0 Å². The average molecular weight is 309 g/mol. The fourth-order valence-corrected chi connectivity index (χ4v) is 3.59. The summed E-state index contributed by atoms with van der Waals surface area (Å²) in [6.07, 6.45) is 0. The fraction of sp³-hybridized carbons (Fsp3) is 0. The molecule has 0 aliphatic rings. The standard InChI is InChI=1S/C17H11NO3S/c19-10-3-1-2-9(8-10)14-13(20)5-4-12-15(14)11-6-7-22-16(11)17(21)18-12/h1-8,19-20H,(H,18,21). The molecule has 0 saturated carbocycles. The van der Waals surface area contributed by atoms with Crippen LogP contribution in [-0.4, -0.2) is 15.2 Å². The van der Waals surface area contributed by atoms with Crippen LogP contribution in [0.1, 0.15) is 0 Å². The molecule has 0 radical (unpaired) electrons. The zero-order valence-corrected chi connectivity index (χ0v) is 12.1. The number of aromatic amines is 1. The largest absolute Gasteiger partial charge is 0.508 e. The zero-order valence-electron chi connectivity index (χ0n) is 11.3. The molecule has 108 valence electrons. The van der Waals surface area contributed by atoms with Gasteiger partial charge in [0.2, 0.25) is 0 Å². The summed E-state index contributed by atoms with van der Waals surface area (Å²) < 4.78 is 0.625. The molecule has 2 aromatic carbocycles. The highest BCUT2D eigenvalue weighted by atomic mass is 32.1. The van der Waals surface area contributed by atoms with Gasteiger partial charge in [-0.2, -0.15) is 0 Å². The van der Waals surface area contributed by atoms with Gasteiger partial charge in [-0.05, 0) is 41.3 Å². The van der Waals surface area contributed by atoms with Gasteiger partial charge in [0.1, 0.15) is 16.2 Å². The van der Waals surface area contributed by atoms with Crippen LogP contribution in [0.5, 0.6) is 11.5 Å². The van der Waals surface area contributed by atoms with Crippen molar-refractivity contribution in [1.82, 2.24) is 4.98 Å². The quantitative estimate of drug-likeness (QED) is 0.500. The van der Waals surface area contributed by atoms with Crippen LogP contribution < -0.4 is 5.56 Å². The van der Waals surface area contributed by atoms with Crippen LogP contribution in [0.2, 0.25) is 0 Å². The molecule has 0 aliphatic carbocycles. The number of thiophene rings is 1. The summed E-state index contributed by atoms with van der Waals surface area (Å²) >= 11 is 1.37. The van der Waals surface area contributed by atoms with E-state index in [1.54, 1.807) is 30.3 Å². The Kier molecular flexibility index (Phi) is 2.71. The van der Waals surface area contributed by atoms with E-state index in [0.717, 1.165) is 10.8 Å².